The monoisotopic (exact) mass is 311 g/mol. The van der Waals surface area contributed by atoms with E-state index in [1.54, 1.807) is 16.2 Å². The largest absolute Gasteiger partial charge is 0.481 e. The first-order valence-corrected chi connectivity index (χ1v) is 8.36. The molecule has 4 nitrogen and oxygen atoms in total. The SMILES string of the molecule is CCCc1sc(C(=O)N(CCC(=O)O)C(C)C)cc1CC. The molecule has 1 rings (SSSR count). The fraction of sp³-hybridized carbons (Fsp3) is 0.625. The minimum absolute atomic E-state index is 0.00125. The lowest BCUT2D eigenvalue weighted by Crippen LogP contribution is -2.38. The maximum Gasteiger partial charge on any atom is 0.305 e. The van der Waals surface area contributed by atoms with E-state index in [1.807, 2.05) is 19.9 Å². The van der Waals surface area contributed by atoms with Crippen LogP contribution < -0.4 is 0 Å². The van der Waals surface area contributed by atoms with Crippen LogP contribution in [0.1, 0.15) is 60.6 Å². The highest BCUT2D eigenvalue weighted by molar-refractivity contribution is 7.14. The molecule has 0 aliphatic heterocycles. The van der Waals surface area contributed by atoms with Crippen LogP contribution in [-0.2, 0) is 17.6 Å². The second kappa shape index (κ2) is 8.17. The number of nitrogens with zero attached hydrogens (tertiary/aromatic N) is 1. The van der Waals surface area contributed by atoms with Crippen LogP contribution in [0.25, 0.3) is 0 Å². The number of carbonyl (C=O) groups is 2. The smallest absolute Gasteiger partial charge is 0.305 e. The van der Waals surface area contributed by atoms with Crippen molar-refractivity contribution in [3.63, 3.8) is 0 Å². The molecule has 0 atom stereocenters. The molecule has 1 amide bonds. The number of thiophene rings is 1. The Balaban J connectivity index is 2.95. The van der Waals surface area contributed by atoms with Crippen LogP contribution in [-0.4, -0.2) is 34.5 Å². The summed E-state index contributed by atoms with van der Waals surface area (Å²) in [6.45, 7) is 8.32. The number of amides is 1. The Labute approximate surface area is 130 Å². The number of rotatable bonds is 8. The molecule has 1 aromatic rings. The topological polar surface area (TPSA) is 57.6 Å². The fourth-order valence-corrected chi connectivity index (χ4v) is 3.57. The van der Waals surface area contributed by atoms with Gasteiger partial charge in [-0.15, -0.1) is 11.3 Å². The molecule has 0 bridgehead atoms. The van der Waals surface area contributed by atoms with Crippen LogP contribution >= 0.6 is 11.3 Å². The molecule has 21 heavy (non-hydrogen) atoms. The maximum atomic E-state index is 12.6. The maximum absolute atomic E-state index is 12.6. The van der Waals surface area contributed by atoms with Crippen molar-refractivity contribution >= 4 is 23.2 Å². The lowest BCUT2D eigenvalue weighted by atomic mass is 10.1. The summed E-state index contributed by atoms with van der Waals surface area (Å²) in [7, 11) is 0. The zero-order valence-electron chi connectivity index (χ0n) is 13.3. The Morgan fingerprint density at radius 1 is 1.33 bits per heavy atom. The molecule has 0 saturated heterocycles. The number of hydrogen-bond acceptors (Lipinski definition) is 3. The van der Waals surface area contributed by atoms with Crippen molar-refractivity contribution in [1.82, 2.24) is 4.90 Å². The minimum atomic E-state index is -0.874. The number of carboxylic acid groups (broad SMARTS) is 1. The predicted molar refractivity (Wildman–Crippen MR) is 86.1 cm³/mol. The van der Waals surface area contributed by atoms with Gasteiger partial charge in [0, 0.05) is 17.5 Å². The van der Waals surface area contributed by atoms with Gasteiger partial charge in [-0.2, -0.15) is 0 Å². The first kappa shape index (κ1) is 17.7. The zero-order valence-corrected chi connectivity index (χ0v) is 14.1. The Bertz CT molecular complexity index is 494. The van der Waals surface area contributed by atoms with Crippen LogP contribution in [0, 0.1) is 0 Å². The van der Waals surface area contributed by atoms with Crippen LogP contribution in [0.4, 0.5) is 0 Å². The van der Waals surface area contributed by atoms with Gasteiger partial charge in [-0.25, -0.2) is 0 Å². The van der Waals surface area contributed by atoms with E-state index in [0.717, 1.165) is 24.1 Å². The summed E-state index contributed by atoms with van der Waals surface area (Å²) in [6, 6.07) is 1.98. The van der Waals surface area contributed by atoms with Gasteiger partial charge in [0.15, 0.2) is 0 Å². The number of hydrogen-bond donors (Lipinski definition) is 1. The van der Waals surface area contributed by atoms with Gasteiger partial charge < -0.3 is 10.0 Å². The van der Waals surface area contributed by atoms with Gasteiger partial charge in [0.25, 0.3) is 5.91 Å². The fourth-order valence-electron chi connectivity index (χ4n) is 2.26. The molecule has 0 aliphatic carbocycles. The Kier molecular flexibility index (Phi) is 6.89. The Hall–Kier alpha value is -1.36. The minimum Gasteiger partial charge on any atom is -0.481 e. The third-order valence-electron chi connectivity index (χ3n) is 3.42. The predicted octanol–water partition coefficient (Wildman–Crippen LogP) is 3.59. The van der Waals surface area contributed by atoms with Crippen LogP contribution in [0.3, 0.4) is 0 Å². The van der Waals surface area contributed by atoms with E-state index in [-0.39, 0.29) is 24.9 Å². The molecule has 0 unspecified atom stereocenters. The van der Waals surface area contributed by atoms with Crippen LogP contribution in [0.2, 0.25) is 0 Å². The Morgan fingerprint density at radius 2 is 2.00 bits per heavy atom. The molecule has 0 saturated carbocycles. The molecular formula is C16H25NO3S. The molecule has 1 aromatic heterocycles. The Morgan fingerprint density at radius 3 is 2.48 bits per heavy atom. The number of carbonyl (C=O) groups excluding carboxylic acids is 1. The summed E-state index contributed by atoms with van der Waals surface area (Å²) < 4.78 is 0. The van der Waals surface area contributed by atoms with E-state index in [9.17, 15) is 9.59 Å². The third kappa shape index (κ3) is 4.84. The molecule has 0 fully saturated rings. The van der Waals surface area contributed by atoms with Crippen molar-refractivity contribution in [3.8, 4) is 0 Å². The average molecular weight is 311 g/mol. The third-order valence-corrected chi connectivity index (χ3v) is 4.64. The standard InChI is InChI=1S/C16H25NO3S/c1-5-7-13-12(6-2)10-14(21-13)16(20)17(11(3)4)9-8-15(18)19/h10-11H,5-9H2,1-4H3,(H,18,19). The second-order valence-corrected chi connectivity index (χ2v) is 6.54. The number of aryl methyl sites for hydroxylation is 2. The van der Waals surface area contributed by atoms with Crippen molar-refractivity contribution in [2.75, 3.05) is 6.54 Å². The molecule has 118 valence electrons. The van der Waals surface area contributed by atoms with Crippen molar-refractivity contribution < 1.29 is 14.7 Å². The number of aliphatic carboxylic acids is 1. The van der Waals surface area contributed by atoms with Crippen LogP contribution in [0.15, 0.2) is 6.07 Å². The molecule has 0 spiro atoms. The first-order valence-electron chi connectivity index (χ1n) is 7.55. The van der Waals surface area contributed by atoms with Crippen molar-refractivity contribution in [3.05, 3.63) is 21.4 Å². The van der Waals surface area contributed by atoms with Gasteiger partial charge in [0.05, 0.1) is 11.3 Å². The lowest BCUT2D eigenvalue weighted by molar-refractivity contribution is -0.137. The summed E-state index contributed by atoms with van der Waals surface area (Å²) in [5.41, 5.74) is 1.24. The van der Waals surface area contributed by atoms with Gasteiger partial charge in [-0.3, -0.25) is 9.59 Å². The highest BCUT2D eigenvalue weighted by atomic mass is 32.1. The average Bonchev–Trinajstić information content (AvgIpc) is 2.81. The van der Waals surface area contributed by atoms with E-state index in [2.05, 4.69) is 13.8 Å². The summed E-state index contributed by atoms with van der Waals surface area (Å²) in [5, 5.41) is 8.82. The lowest BCUT2D eigenvalue weighted by Gasteiger charge is -2.25. The summed E-state index contributed by atoms with van der Waals surface area (Å²) >= 11 is 1.56. The van der Waals surface area contributed by atoms with Crippen LogP contribution in [0.5, 0.6) is 0 Å². The van der Waals surface area contributed by atoms with Gasteiger partial charge in [-0.05, 0) is 38.3 Å². The summed E-state index contributed by atoms with van der Waals surface area (Å²) in [4.78, 5) is 27.0. The highest BCUT2D eigenvalue weighted by Crippen LogP contribution is 2.26. The second-order valence-electron chi connectivity index (χ2n) is 5.40. The summed E-state index contributed by atoms with van der Waals surface area (Å²) in [5.74, 6) is -0.922. The molecule has 0 radical (unpaired) electrons. The van der Waals surface area contributed by atoms with Gasteiger partial charge in [0.1, 0.15) is 0 Å². The van der Waals surface area contributed by atoms with Gasteiger partial charge in [-0.1, -0.05) is 20.3 Å². The highest BCUT2D eigenvalue weighted by Gasteiger charge is 2.22. The normalized spacial score (nSPS) is 10.9. The molecule has 0 aromatic carbocycles. The first-order chi connectivity index (χ1) is 9.90. The zero-order chi connectivity index (χ0) is 16.0. The molecule has 5 heteroatoms. The molecular weight excluding hydrogens is 286 g/mol. The van der Waals surface area contributed by atoms with E-state index in [0.29, 0.717) is 0 Å². The summed E-state index contributed by atoms with van der Waals surface area (Å²) in [6.07, 6.45) is 2.97. The van der Waals surface area contributed by atoms with E-state index in [1.165, 1.54) is 10.4 Å². The van der Waals surface area contributed by atoms with Crippen molar-refractivity contribution in [2.24, 2.45) is 0 Å². The van der Waals surface area contributed by atoms with E-state index in [4.69, 9.17) is 5.11 Å². The quantitative estimate of drug-likeness (QED) is 0.798. The van der Waals surface area contributed by atoms with Crippen molar-refractivity contribution in [1.29, 1.82) is 0 Å². The van der Waals surface area contributed by atoms with E-state index < -0.39 is 5.97 Å². The van der Waals surface area contributed by atoms with Gasteiger partial charge >= 0.3 is 5.97 Å². The van der Waals surface area contributed by atoms with E-state index >= 15 is 0 Å². The molecule has 1 N–H and O–H groups in total. The molecule has 1 heterocycles. The molecule has 0 aliphatic rings. The van der Waals surface area contributed by atoms with Gasteiger partial charge in [0.2, 0.25) is 0 Å². The number of carboxylic acids is 1. The van der Waals surface area contributed by atoms with Crippen molar-refractivity contribution in [2.45, 2.75) is 59.4 Å².